The number of likely N-dealkylation sites (N-methyl/N-ethyl adjacent to an activating group) is 1. The molecule has 0 unspecified atom stereocenters. The number of amides is 1. The lowest BCUT2D eigenvalue weighted by molar-refractivity contribution is -0.139. The summed E-state index contributed by atoms with van der Waals surface area (Å²) in [5.41, 5.74) is -0.527. The summed E-state index contributed by atoms with van der Waals surface area (Å²) in [5.74, 6) is -0.455. The van der Waals surface area contributed by atoms with Crippen molar-refractivity contribution in [2.75, 3.05) is 71.5 Å². The zero-order chi connectivity index (χ0) is 20.7. The fraction of sp³-hybridized carbons (Fsp3) is 0.647. The maximum atomic E-state index is 13.4. The summed E-state index contributed by atoms with van der Waals surface area (Å²) >= 11 is 0. The van der Waals surface area contributed by atoms with Crippen LogP contribution in [0.1, 0.15) is 5.56 Å². The van der Waals surface area contributed by atoms with E-state index >= 15 is 0 Å². The summed E-state index contributed by atoms with van der Waals surface area (Å²) in [6.07, 6.45) is -4.18. The van der Waals surface area contributed by atoms with Crippen LogP contribution in [0, 0.1) is 0 Å². The number of hydrogen-bond acceptors (Lipinski definition) is 6. The van der Waals surface area contributed by atoms with Crippen molar-refractivity contribution in [3.8, 4) is 5.88 Å². The van der Waals surface area contributed by atoms with E-state index in [1.165, 1.54) is 25.3 Å². The SMILES string of the molecule is COCCOc1ncc(N2CCN(CCN(C)C(=O)O)CC2)cc1C(F)(F)F. The lowest BCUT2D eigenvalue weighted by Crippen LogP contribution is -2.48. The number of hydrogen-bond donors (Lipinski definition) is 1. The summed E-state index contributed by atoms with van der Waals surface area (Å²) in [4.78, 5) is 19.8. The van der Waals surface area contributed by atoms with Gasteiger partial charge in [-0.3, -0.25) is 4.90 Å². The zero-order valence-corrected chi connectivity index (χ0v) is 15.9. The molecule has 0 radical (unpaired) electrons. The fourth-order valence-electron chi connectivity index (χ4n) is 2.77. The van der Waals surface area contributed by atoms with Crippen LogP contribution in [0.15, 0.2) is 12.3 Å². The van der Waals surface area contributed by atoms with Gasteiger partial charge in [0.2, 0.25) is 5.88 Å². The van der Waals surface area contributed by atoms with Gasteiger partial charge in [-0.15, -0.1) is 0 Å². The Balaban J connectivity index is 1.99. The minimum Gasteiger partial charge on any atom is -0.475 e. The van der Waals surface area contributed by atoms with E-state index in [9.17, 15) is 18.0 Å². The standard InChI is InChI=1S/C17H25F3N4O4/c1-22(16(25)26)3-4-23-5-7-24(8-6-23)13-11-14(17(18,19)20)15(21-12-13)28-10-9-27-2/h11-12H,3-10H2,1-2H3,(H,25,26). The number of rotatable bonds is 8. The molecule has 1 aromatic rings. The second kappa shape index (κ2) is 9.78. The number of methoxy groups -OCH3 is 1. The summed E-state index contributed by atoms with van der Waals surface area (Å²) in [5, 5.41) is 8.87. The van der Waals surface area contributed by atoms with Crippen LogP contribution in [-0.4, -0.2) is 92.6 Å². The molecular formula is C17H25F3N4O4. The molecule has 1 aliphatic heterocycles. The van der Waals surface area contributed by atoms with Gasteiger partial charge in [-0.25, -0.2) is 9.78 Å². The Hall–Kier alpha value is -2.27. The third-order valence-electron chi connectivity index (χ3n) is 4.48. The number of pyridine rings is 1. The van der Waals surface area contributed by atoms with Crippen LogP contribution in [0.25, 0.3) is 0 Å². The molecule has 1 aromatic heterocycles. The first kappa shape index (κ1) is 22.0. The molecule has 0 bridgehead atoms. The van der Waals surface area contributed by atoms with Crippen LogP contribution in [-0.2, 0) is 10.9 Å². The van der Waals surface area contributed by atoms with Gasteiger partial charge in [0.25, 0.3) is 0 Å². The summed E-state index contributed by atoms with van der Waals surface area (Å²) < 4.78 is 50.0. The van der Waals surface area contributed by atoms with E-state index in [1.807, 2.05) is 4.90 Å². The fourth-order valence-corrected chi connectivity index (χ4v) is 2.77. The topological polar surface area (TPSA) is 78.4 Å². The highest BCUT2D eigenvalue weighted by atomic mass is 19.4. The van der Waals surface area contributed by atoms with Crippen molar-refractivity contribution in [1.82, 2.24) is 14.8 Å². The Labute approximate surface area is 161 Å². The number of aromatic nitrogens is 1. The molecule has 0 aromatic carbocycles. The second-order valence-corrected chi connectivity index (χ2v) is 6.42. The molecule has 1 saturated heterocycles. The Morgan fingerprint density at radius 2 is 1.96 bits per heavy atom. The predicted molar refractivity (Wildman–Crippen MR) is 95.9 cm³/mol. The first-order valence-electron chi connectivity index (χ1n) is 8.82. The van der Waals surface area contributed by atoms with Gasteiger partial charge in [0.15, 0.2) is 0 Å². The van der Waals surface area contributed by atoms with Gasteiger partial charge in [0.05, 0.1) is 18.5 Å². The van der Waals surface area contributed by atoms with Gasteiger partial charge in [-0.2, -0.15) is 13.2 Å². The zero-order valence-electron chi connectivity index (χ0n) is 15.9. The molecule has 0 saturated carbocycles. The highest BCUT2D eigenvalue weighted by Crippen LogP contribution is 2.37. The minimum atomic E-state index is -4.57. The van der Waals surface area contributed by atoms with Gasteiger partial charge >= 0.3 is 12.3 Å². The highest BCUT2D eigenvalue weighted by Gasteiger charge is 2.36. The number of halogens is 3. The lowest BCUT2D eigenvalue weighted by atomic mass is 10.2. The van der Waals surface area contributed by atoms with Gasteiger partial charge in [0.1, 0.15) is 12.2 Å². The van der Waals surface area contributed by atoms with Crippen molar-refractivity contribution in [3.05, 3.63) is 17.8 Å². The number of nitrogens with zero attached hydrogens (tertiary/aromatic N) is 4. The predicted octanol–water partition coefficient (Wildman–Crippen LogP) is 1.86. The molecule has 0 spiro atoms. The number of carboxylic acid groups (broad SMARTS) is 1. The Kier molecular flexibility index (Phi) is 7.69. The maximum Gasteiger partial charge on any atom is 0.421 e. The van der Waals surface area contributed by atoms with Gasteiger partial charge in [-0.1, -0.05) is 0 Å². The van der Waals surface area contributed by atoms with Crippen LogP contribution in [0.5, 0.6) is 5.88 Å². The van der Waals surface area contributed by atoms with Gasteiger partial charge in [0, 0.05) is 53.4 Å². The van der Waals surface area contributed by atoms with Gasteiger partial charge in [-0.05, 0) is 6.07 Å². The molecule has 2 rings (SSSR count). The van der Waals surface area contributed by atoms with E-state index in [2.05, 4.69) is 9.88 Å². The molecule has 158 valence electrons. The molecular weight excluding hydrogens is 381 g/mol. The van der Waals surface area contributed by atoms with Crippen LogP contribution < -0.4 is 9.64 Å². The maximum absolute atomic E-state index is 13.4. The molecule has 11 heteroatoms. The molecule has 1 aliphatic rings. The summed E-state index contributed by atoms with van der Waals surface area (Å²) in [7, 11) is 2.93. The molecule has 1 fully saturated rings. The number of carbonyl (C=O) groups is 1. The Bertz CT molecular complexity index is 652. The number of anilines is 1. The van der Waals surface area contributed by atoms with Crippen molar-refractivity contribution in [3.63, 3.8) is 0 Å². The Morgan fingerprint density at radius 1 is 1.29 bits per heavy atom. The smallest absolute Gasteiger partial charge is 0.421 e. The molecule has 2 heterocycles. The molecule has 0 aliphatic carbocycles. The van der Waals surface area contributed by atoms with Crippen LogP contribution in [0.2, 0.25) is 0 Å². The van der Waals surface area contributed by atoms with Crippen LogP contribution >= 0.6 is 0 Å². The Morgan fingerprint density at radius 3 is 2.54 bits per heavy atom. The monoisotopic (exact) mass is 406 g/mol. The summed E-state index contributed by atoms with van der Waals surface area (Å²) in [6, 6.07) is 1.06. The van der Waals surface area contributed by atoms with Crippen molar-refractivity contribution in [2.24, 2.45) is 0 Å². The van der Waals surface area contributed by atoms with E-state index in [4.69, 9.17) is 14.6 Å². The largest absolute Gasteiger partial charge is 0.475 e. The molecule has 0 atom stereocenters. The van der Waals surface area contributed by atoms with Crippen molar-refractivity contribution >= 4 is 11.8 Å². The molecule has 1 N–H and O–H groups in total. The van der Waals surface area contributed by atoms with Crippen molar-refractivity contribution < 1.29 is 32.5 Å². The number of alkyl halides is 3. The van der Waals surface area contributed by atoms with E-state index in [1.54, 1.807) is 0 Å². The normalized spacial score (nSPS) is 15.5. The van der Waals surface area contributed by atoms with Crippen LogP contribution in [0.4, 0.5) is 23.7 Å². The summed E-state index contributed by atoms with van der Waals surface area (Å²) in [6.45, 7) is 3.41. The third-order valence-corrected chi connectivity index (χ3v) is 4.48. The van der Waals surface area contributed by atoms with E-state index in [0.717, 1.165) is 6.07 Å². The minimum absolute atomic E-state index is 0.0185. The van der Waals surface area contributed by atoms with E-state index in [-0.39, 0.29) is 13.2 Å². The number of piperazine rings is 1. The number of ether oxygens (including phenoxy) is 2. The quantitative estimate of drug-likeness (QED) is 0.660. The second-order valence-electron chi connectivity index (χ2n) is 6.42. The third kappa shape index (κ3) is 6.13. The van der Waals surface area contributed by atoms with Gasteiger partial charge < -0.3 is 24.4 Å². The molecule has 1 amide bonds. The first-order valence-corrected chi connectivity index (χ1v) is 8.82. The highest BCUT2D eigenvalue weighted by molar-refractivity contribution is 5.64. The van der Waals surface area contributed by atoms with Crippen molar-refractivity contribution in [2.45, 2.75) is 6.18 Å². The first-order chi connectivity index (χ1) is 13.2. The average Bonchev–Trinajstić information content (AvgIpc) is 2.66. The molecule has 8 nitrogen and oxygen atoms in total. The van der Waals surface area contributed by atoms with Crippen molar-refractivity contribution in [1.29, 1.82) is 0 Å². The lowest BCUT2D eigenvalue weighted by Gasteiger charge is -2.36. The van der Waals surface area contributed by atoms with E-state index in [0.29, 0.717) is 45.0 Å². The van der Waals surface area contributed by atoms with E-state index < -0.39 is 23.7 Å². The average molecular weight is 406 g/mol. The molecule has 28 heavy (non-hydrogen) atoms. The van der Waals surface area contributed by atoms with Crippen LogP contribution in [0.3, 0.4) is 0 Å².